The number of rotatable bonds is 4. The van der Waals surface area contributed by atoms with Crippen LogP contribution < -0.4 is 5.32 Å². The number of nitrogens with one attached hydrogen (secondary N) is 1. The maximum Gasteiger partial charge on any atom is 0.325 e. The number of aryl methyl sites for hydroxylation is 1. The molecule has 0 bridgehead atoms. The van der Waals surface area contributed by atoms with Crippen LogP contribution in [0.15, 0.2) is 36.4 Å². The lowest BCUT2D eigenvalue weighted by Crippen LogP contribution is -2.33. The molecule has 0 amide bonds. The van der Waals surface area contributed by atoms with Crippen LogP contribution in [0.4, 0.5) is 0 Å². The first-order chi connectivity index (χ1) is 10.1. The van der Waals surface area contributed by atoms with Gasteiger partial charge in [-0.3, -0.25) is 10.1 Å². The van der Waals surface area contributed by atoms with Crippen LogP contribution in [-0.2, 0) is 11.2 Å². The van der Waals surface area contributed by atoms with Crippen LogP contribution in [0.3, 0.4) is 0 Å². The Hall–Kier alpha value is -0.920. The van der Waals surface area contributed by atoms with Gasteiger partial charge in [-0.25, -0.2) is 0 Å². The molecule has 0 saturated carbocycles. The Balaban J connectivity index is 1.86. The lowest BCUT2D eigenvalue weighted by atomic mass is 9.92. The van der Waals surface area contributed by atoms with Crippen molar-refractivity contribution in [2.75, 3.05) is 0 Å². The van der Waals surface area contributed by atoms with Gasteiger partial charge in [0, 0.05) is 10.9 Å². The highest BCUT2D eigenvalue weighted by atomic mass is 127. The minimum atomic E-state index is -0.821. The van der Waals surface area contributed by atoms with E-state index >= 15 is 0 Å². The summed E-state index contributed by atoms with van der Waals surface area (Å²) >= 11 is 4.17. The van der Waals surface area contributed by atoms with Crippen molar-refractivity contribution in [1.82, 2.24) is 5.32 Å². The minimum Gasteiger partial charge on any atom is -0.480 e. The lowest BCUT2D eigenvalue weighted by Gasteiger charge is -2.27. The number of hydrogen-bond donors (Lipinski definition) is 2. The molecule has 0 aliphatic heterocycles. The molecule has 0 fully saturated rings. The Morgan fingerprint density at radius 3 is 2.86 bits per heavy atom. The molecule has 2 atom stereocenters. The summed E-state index contributed by atoms with van der Waals surface area (Å²) in [6.07, 6.45) is 3.23. The van der Waals surface area contributed by atoms with Crippen molar-refractivity contribution < 1.29 is 9.90 Å². The highest BCUT2D eigenvalue weighted by molar-refractivity contribution is 14.1. The molecule has 3 rings (SSSR count). The molecule has 2 unspecified atom stereocenters. The number of fused-ring (bicyclic) bond motifs is 1. The number of carboxylic acid groups (broad SMARTS) is 1. The molecular formula is C16H16INO2S. The molecule has 110 valence electrons. The average Bonchev–Trinajstić information content (AvgIpc) is 2.86. The Morgan fingerprint density at radius 1 is 1.38 bits per heavy atom. The van der Waals surface area contributed by atoms with Gasteiger partial charge in [-0.1, -0.05) is 30.3 Å². The van der Waals surface area contributed by atoms with Crippen molar-refractivity contribution in [3.05, 3.63) is 55.3 Å². The van der Waals surface area contributed by atoms with Crippen molar-refractivity contribution in [1.29, 1.82) is 0 Å². The van der Waals surface area contributed by atoms with Gasteiger partial charge in [0.2, 0.25) is 0 Å². The predicted molar refractivity (Wildman–Crippen MR) is 92.7 cm³/mol. The zero-order chi connectivity index (χ0) is 14.8. The van der Waals surface area contributed by atoms with Gasteiger partial charge in [0.05, 0.1) is 2.88 Å². The SMILES string of the molecule is O=C(O)C(NC1CCCc2sc(I)cc21)c1ccccc1. The summed E-state index contributed by atoms with van der Waals surface area (Å²) in [6.45, 7) is 0. The van der Waals surface area contributed by atoms with E-state index in [9.17, 15) is 9.90 Å². The summed E-state index contributed by atoms with van der Waals surface area (Å²) in [4.78, 5) is 13.0. The normalized spacial score (nSPS) is 19.0. The summed E-state index contributed by atoms with van der Waals surface area (Å²) in [6, 6.07) is 11.1. The molecule has 5 heteroatoms. The fraction of sp³-hybridized carbons (Fsp3) is 0.312. The Morgan fingerprint density at radius 2 is 2.14 bits per heavy atom. The molecule has 2 aromatic rings. The van der Waals surface area contributed by atoms with Crippen molar-refractivity contribution >= 4 is 39.9 Å². The molecule has 0 saturated heterocycles. The topological polar surface area (TPSA) is 49.3 Å². The van der Waals surface area contributed by atoms with E-state index in [2.05, 4.69) is 34.0 Å². The van der Waals surface area contributed by atoms with Crippen molar-refractivity contribution in [3.63, 3.8) is 0 Å². The second-order valence-electron chi connectivity index (χ2n) is 5.22. The van der Waals surface area contributed by atoms with Crippen LogP contribution in [0.25, 0.3) is 0 Å². The molecule has 0 spiro atoms. The van der Waals surface area contributed by atoms with Crippen LogP contribution in [0.2, 0.25) is 0 Å². The number of carboxylic acids is 1. The van der Waals surface area contributed by atoms with E-state index in [0.717, 1.165) is 24.8 Å². The van der Waals surface area contributed by atoms with Crippen LogP contribution >= 0.6 is 33.9 Å². The maximum atomic E-state index is 11.6. The molecule has 2 N–H and O–H groups in total. The fourth-order valence-electron chi connectivity index (χ4n) is 2.85. The van der Waals surface area contributed by atoms with E-state index in [0.29, 0.717) is 0 Å². The van der Waals surface area contributed by atoms with E-state index in [1.807, 2.05) is 41.7 Å². The first kappa shape index (κ1) is 15.0. The molecule has 1 aliphatic rings. The molecule has 0 radical (unpaired) electrons. The summed E-state index contributed by atoms with van der Waals surface area (Å²) in [7, 11) is 0. The summed E-state index contributed by atoms with van der Waals surface area (Å²) < 4.78 is 1.28. The number of aliphatic carboxylic acids is 1. The monoisotopic (exact) mass is 413 g/mol. The van der Waals surface area contributed by atoms with Gasteiger partial charge in [-0.05, 0) is 59.0 Å². The van der Waals surface area contributed by atoms with Gasteiger partial charge in [-0.2, -0.15) is 0 Å². The molecule has 1 aromatic heterocycles. The molecule has 3 nitrogen and oxygen atoms in total. The number of hydrogen-bond acceptors (Lipinski definition) is 3. The highest BCUT2D eigenvalue weighted by Crippen LogP contribution is 2.37. The lowest BCUT2D eigenvalue weighted by molar-refractivity contribution is -0.140. The van der Waals surface area contributed by atoms with Gasteiger partial charge in [-0.15, -0.1) is 11.3 Å². The third-order valence-electron chi connectivity index (χ3n) is 3.83. The second-order valence-corrected chi connectivity index (χ2v) is 8.25. The minimum absolute atomic E-state index is 0.134. The maximum absolute atomic E-state index is 11.6. The summed E-state index contributed by atoms with van der Waals surface area (Å²) in [5.74, 6) is -0.821. The third-order valence-corrected chi connectivity index (χ3v) is 5.80. The van der Waals surface area contributed by atoms with Crippen molar-refractivity contribution in [2.45, 2.75) is 31.3 Å². The average molecular weight is 413 g/mol. The number of halogens is 1. The largest absolute Gasteiger partial charge is 0.480 e. The van der Waals surface area contributed by atoms with Crippen LogP contribution in [-0.4, -0.2) is 11.1 Å². The van der Waals surface area contributed by atoms with E-state index in [4.69, 9.17) is 0 Å². The van der Waals surface area contributed by atoms with Gasteiger partial charge in [0.1, 0.15) is 6.04 Å². The predicted octanol–water partition coefficient (Wildman–Crippen LogP) is 4.15. The number of carbonyl (C=O) groups is 1. The molecule has 1 aromatic carbocycles. The van der Waals surface area contributed by atoms with Crippen LogP contribution in [0, 0.1) is 2.88 Å². The van der Waals surface area contributed by atoms with Crippen molar-refractivity contribution in [2.24, 2.45) is 0 Å². The van der Waals surface area contributed by atoms with Gasteiger partial charge < -0.3 is 5.11 Å². The Kier molecular flexibility index (Phi) is 4.61. The molecule has 21 heavy (non-hydrogen) atoms. The van der Waals surface area contributed by atoms with Crippen molar-refractivity contribution in [3.8, 4) is 0 Å². The summed E-state index contributed by atoms with van der Waals surface area (Å²) in [5, 5.41) is 12.9. The zero-order valence-electron chi connectivity index (χ0n) is 11.4. The van der Waals surface area contributed by atoms with Crippen LogP contribution in [0.5, 0.6) is 0 Å². The summed E-state index contributed by atoms with van der Waals surface area (Å²) in [5.41, 5.74) is 2.10. The standard InChI is InChI=1S/C16H16INO2S/c17-14-9-11-12(7-4-8-13(11)21-14)18-15(16(19)20)10-5-2-1-3-6-10/h1-3,5-6,9,12,15,18H,4,7-8H2,(H,19,20). The third kappa shape index (κ3) is 3.30. The number of benzene rings is 1. The van der Waals surface area contributed by atoms with E-state index in [1.165, 1.54) is 13.3 Å². The highest BCUT2D eigenvalue weighted by Gasteiger charge is 2.28. The molecule has 1 heterocycles. The van der Waals surface area contributed by atoms with Crippen LogP contribution in [0.1, 0.15) is 40.9 Å². The smallest absolute Gasteiger partial charge is 0.325 e. The first-order valence-corrected chi connectivity index (χ1v) is 8.86. The molecular weight excluding hydrogens is 397 g/mol. The van der Waals surface area contributed by atoms with E-state index in [1.54, 1.807) is 0 Å². The van der Waals surface area contributed by atoms with Gasteiger partial charge >= 0.3 is 5.97 Å². The Bertz CT molecular complexity index is 641. The second kappa shape index (κ2) is 6.46. The molecule has 1 aliphatic carbocycles. The first-order valence-electron chi connectivity index (χ1n) is 6.97. The number of thiophene rings is 1. The fourth-order valence-corrected chi connectivity index (χ4v) is 4.97. The van der Waals surface area contributed by atoms with E-state index < -0.39 is 12.0 Å². The Labute approximate surface area is 141 Å². The zero-order valence-corrected chi connectivity index (χ0v) is 14.4. The quantitative estimate of drug-likeness (QED) is 0.741. The van der Waals surface area contributed by atoms with E-state index in [-0.39, 0.29) is 6.04 Å². The van der Waals surface area contributed by atoms with Gasteiger partial charge in [0.25, 0.3) is 0 Å². The van der Waals surface area contributed by atoms with Gasteiger partial charge in [0.15, 0.2) is 0 Å².